The number of rotatable bonds is 11. The van der Waals surface area contributed by atoms with E-state index in [-0.39, 0.29) is 6.04 Å². The molecule has 1 aliphatic carbocycles. The third-order valence-electron chi connectivity index (χ3n) is 11.8. The average Bonchev–Trinajstić information content (AvgIpc) is 3.36. The molecule has 0 heterocycles. The molecule has 62 heavy (non-hydrogen) atoms. The summed E-state index contributed by atoms with van der Waals surface area (Å²) in [5.41, 5.74) is 17.8. The molecule has 9 aromatic carbocycles. The molecule has 0 aliphatic heterocycles. The molecule has 0 spiro atoms. The normalized spacial score (nSPS) is 13.3. The van der Waals surface area contributed by atoms with Gasteiger partial charge in [0.15, 0.2) is 0 Å². The zero-order chi connectivity index (χ0) is 41.5. The third kappa shape index (κ3) is 8.28. The highest BCUT2D eigenvalue weighted by Crippen LogP contribution is 2.39. The second-order valence-corrected chi connectivity index (χ2v) is 15.7. The van der Waals surface area contributed by atoms with E-state index in [1.54, 1.807) is 0 Å². The lowest BCUT2D eigenvalue weighted by Gasteiger charge is -2.33. The Kier molecular flexibility index (Phi) is 10.9. The Morgan fingerprint density at radius 3 is 0.919 bits per heavy atom. The summed E-state index contributed by atoms with van der Waals surface area (Å²) in [7, 11) is 0. The maximum atomic E-state index is 2.46. The van der Waals surface area contributed by atoms with Gasteiger partial charge in [0.1, 0.15) is 0 Å². The fraction of sp³-hybridized carbons (Fsp3) is 0.0333. The van der Waals surface area contributed by atoms with Gasteiger partial charge < -0.3 is 9.80 Å². The Hall–Kier alpha value is -7.94. The van der Waals surface area contributed by atoms with Crippen molar-refractivity contribution in [2.75, 3.05) is 9.80 Å². The topological polar surface area (TPSA) is 6.48 Å². The molecule has 1 atom stereocenters. The summed E-state index contributed by atoms with van der Waals surface area (Å²) in [6.45, 7) is 0. The molecule has 0 aromatic heterocycles. The molecule has 0 amide bonds. The molecule has 1 aliphatic rings. The first kappa shape index (κ1) is 38.3. The van der Waals surface area contributed by atoms with Crippen LogP contribution in [0, 0.1) is 0 Å². The van der Waals surface area contributed by atoms with Crippen molar-refractivity contribution in [1.29, 1.82) is 0 Å². The molecule has 0 bridgehead atoms. The van der Waals surface area contributed by atoms with E-state index in [2.05, 4.69) is 271 Å². The van der Waals surface area contributed by atoms with Crippen LogP contribution in [0.25, 0.3) is 50.1 Å². The van der Waals surface area contributed by atoms with Gasteiger partial charge in [-0.25, -0.2) is 0 Å². The monoisotopic (exact) mass is 794 g/mol. The minimum absolute atomic E-state index is 0.171. The van der Waals surface area contributed by atoms with Crippen molar-refractivity contribution in [3.63, 3.8) is 0 Å². The van der Waals surface area contributed by atoms with Crippen LogP contribution in [0.3, 0.4) is 0 Å². The van der Waals surface area contributed by atoms with Crippen LogP contribution in [-0.2, 0) is 0 Å². The van der Waals surface area contributed by atoms with Gasteiger partial charge in [-0.2, -0.15) is 0 Å². The van der Waals surface area contributed by atoms with Gasteiger partial charge in [-0.1, -0.05) is 200 Å². The van der Waals surface area contributed by atoms with Gasteiger partial charge >= 0.3 is 0 Å². The maximum Gasteiger partial charge on any atom is 0.0560 e. The van der Waals surface area contributed by atoms with Gasteiger partial charge in [-0.15, -0.1) is 0 Å². The second-order valence-electron chi connectivity index (χ2n) is 15.7. The molecule has 9 aromatic rings. The number of nitrogens with zero attached hydrogens (tertiary/aromatic N) is 2. The van der Waals surface area contributed by atoms with Gasteiger partial charge in [-0.05, 0) is 123 Å². The first-order chi connectivity index (χ1) is 30.7. The Balaban J connectivity index is 0.894. The van der Waals surface area contributed by atoms with E-state index in [1.807, 2.05) is 0 Å². The van der Waals surface area contributed by atoms with E-state index in [0.29, 0.717) is 0 Å². The SMILES string of the molecule is C1=CC(N(c2ccccc2)c2ccc(-c3ccc(-c4ccccc4)cc3)cc2)CC=C1c1ccc(N(c2ccc(-c3ccccc3)cc2)c2ccc(-c3ccccc3)cc2)cc1. The predicted octanol–water partition coefficient (Wildman–Crippen LogP) is 16.4. The highest BCUT2D eigenvalue weighted by molar-refractivity contribution is 5.83. The van der Waals surface area contributed by atoms with Crippen LogP contribution in [0.4, 0.5) is 28.4 Å². The van der Waals surface area contributed by atoms with Gasteiger partial charge in [0.25, 0.3) is 0 Å². The Morgan fingerprint density at radius 1 is 0.274 bits per heavy atom. The van der Waals surface area contributed by atoms with Gasteiger partial charge in [0.05, 0.1) is 6.04 Å². The first-order valence-electron chi connectivity index (χ1n) is 21.4. The molecule has 0 N–H and O–H groups in total. The fourth-order valence-corrected chi connectivity index (χ4v) is 8.55. The summed E-state index contributed by atoms with van der Waals surface area (Å²) >= 11 is 0. The molecular formula is C60H46N2. The third-order valence-corrected chi connectivity index (χ3v) is 11.8. The van der Waals surface area contributed by atoms with Crippen LogP contribution in [0.5, 0.6) is 0 Å². The van der Waals surface area contributed by atoms with Crippen molar-refractivity contribution in [1.82, 2.24) is 0 Å². The molecule has 10 rings (SSSR count). The number of hydrogen-bond donors (Lipinski definition) is 0. The number of allylic oxidation sites excluding steroid dienone is 2. The number of benzene rings is 9. The van der Waals surface area contributed by atoms with Crippen LogP contribution in [0.15, 0.2) is 261 Å². The summed E-state index contributed by atoms with van der Waals surface area (Å²) in [5, 5.41) is 0. The van der Waals surface area contributed by atoms with E-state index in [1.165, 1.54) is 67.0 Å². The summed E-state index contributed by atoms with van der Waals surface area (Å²) in [6, 6.07) is 87.3. The smallest absolute Gasteiger partial charge is 0.0560 e. The maximum absolute atomic E-state index is 2.46. The molecule has 0 fully saturated rings. The number of hydrogen-bond acceptors (Lipinski definition) is 2. The number of anilines is 5. The zero-order valence-electron chi connectivity index (χ0n) is 34.5. The zero-order valence-corrected chi connectivity index (χ0v) is 34.5. The molecule has 296 valence electrons. The molecular weight excluding hydrogens is 749 g/mol. The lowest BCUT2D eigenvalue weighted by molar-refractivity contribution is 0.787. The summed E-state index contributed by atoms with van der Waals surface area (Å²) in [5.74, 6) is 0. The lowest BCUT2D eigenvalue weighted by atomic mass is 9.95. The van der Waals surface area contributed by atoms with E-state index in [9.17, 15) is 0 Å². The Bertz CT molecular complexity index is 2820. The molecule has 1 unspecified atom stereocenters. The molecule has 2 nitrogen and oxygen atoms in total. The summed E-state index contributed by atoms with van der Waals surface area (Å²) in [4.78, 5) is 4.80. The van der Waals surface area contributed by atoms with E-state index < -0.39 is 0 Å². The van der Waals surface area contributed by atoms with E-state index in [4.69, 9.17) is 0 Å². The minimum Gasteiger partial charge on any atom is -0.334 e. The van der Waals surface area contributed by atoms with Crippen molar-refractivity contribution in [3.05, 3.63) is 266 Å². The highest BCUT2D eigenvalue weighted by atomic mass is 15.2. The lowest BCUT2D eigenvalue weighted by Crippen LogP contribution is -2.30. The minimum atomic E-state index is 0.171. The van der Waals surface area contributed by atoms with Crippen molar-refractivity contribution in [2.24, 2.45) is 0 Å². The van der Waals surface area contributed by atoms with Crippen LogP contribution in [0.1, 0.15) is 12.0 Å². The summed E-state index contributed by atoms with van der Waals surface area (Å²) in [6.07, 6.45) is 7.94. The Labute approximate surface area is 365 Å². The predicted molar refractivity (Wildman–Crippen MR) is 263 cm³/mol. The van der Waals surface area contributed by atoms with E-state index in [0.717, 1.165) is 23.5 Å². The second kappa shape index (κ2) is 17.7. The first-order valence-corrected chi connectivity index (χ1v) is 21.4. The van der Waals surface area contributed by atoms with Gasteiger partial charge in [-0.3, -0.25) is 0 Å². The van der Waals surface area contributed by atoms with Crippen LogP contribution < -0.4 is 9.80 Å². The average molecular weight is 795 g/mol. The molecule has 2 heteroatoms. The quantitative estimate of drug-likeness (QED) is 0.129. The van der Waals surface area contributed by atoms with Crippen LogP contribution in [0.2, 0.25) is 0 Å². The van der Waals surface area contributed by atoms with Crippen molar-refractivity contribution in [2.45, 2.75) is 12.5 Å². The molecule has 0 saturated carbocycles. The van der Waals surface area contributed by atoms with Crippen LogP contribution in [-0.4, -0.2) is 6.04 Å². The summed E-state index contributed by atoms with van der Waals surface area (Å²) < 4.78 is 0. The van der Waals surface area contributed by atoms with Crippen molar-refractivity contribution >= 4 is 34.0 Å². The van der Waals surface area contributed by atoms with Crippen LogP contribution >= 0.6 is 0 Å². The van der Waals surface area contributed by atoms with Crippen molar-refractivity contribution in [3.8, 4) is 44.5 Å². The highest BCUT2D eigenvalue weighted by Gasteiger charge is 2.21. The van der Waals surface area contributed by atoms with Gasteiger partial charge in [0, 0.05) is 28.4 Å². The van der Waals surface area contributed by atoms with Crippen molar-refractivity contribution < 1.29 is 0 Å². The van der Waals surface area contributed by atoms with E-state index >= 15 is 0 Å². The Morgan fingerprint density at radius 2 is 0.565 bits per heavy atom. The number of para-hydroxylation sites is 1. The standard InChI is InChI=1S/C60H46N2/c1-5-13-45(14-6-1)48-21-23-49(24-22-48)52-29-39-56(40-30-52)61(55-19-11-4-12-20-55)57-41-31-53(32-42-57)54-33-43-60(44-34-54)62(58-35-25-50(26-36-58)46-15-7-2-8-16-46)59-37-27-51(28-38-59)47-17-9-3-10-18-47/h1-41,43-44,57H,42H2. The largest absolute Gasteiger partial charge is 0.334 e. The molecule has 0 radical (unpaired) electrons. The molecule has 0 saturated heterocycles. The fourth-order valence-electron chi connectivity index (χ4n) is 8.55. The van der Waals surface area contributed by atoms with Gasteiger partial charge in [0.2, 0.25) is 0 Å².